The quantitative estimate of drug-likeness (QED) is 0.580. The minimum atomic E-state index is 0.0308. The van der Waals surface area contributed by atoms with E-state index in [1.165, 1.54) is 0 Å². The Morgan fingerprint density at radius 2 is 1.69 bits per heavy atom. The summed E-state index contributed by atoms with van der Waals surface area (Å²) in [5.74, 6) is 0.707. The SMILES string of the molecule is COc1ccc2nc(NO)c(NO)nc2c1. The van der Waals surface area contributed by atoms with Gasteiger partial charge >= 0.3 is 0 Å². The van der Waals surface area contributed by atoms with Gasteiger partial charge in [0, 0.05) is 6.07 Å². The second-order valence-corrected chi connectivity index (χ2v) is 3.00. The Kier molecular flexibility index (Phi) is 2.71. The predicted octanol–water partition coefficient (Wildman–Crippen LogP) is 1.24. The molecule has 2 rings (SSSR count). The van der Waals surface area contributed by atoms with Crippen molar-refractivity contribution in [3.63, 3.8) is 0 Å². The van der Waals surface area contributed by atoms with Gasteiger partial charge in [-0.3, -0.25) is 10.4 Å². The lowest BCUT2D eigenvalue weighted by molar-refractivity contribution is 0.373. The second-order valence-electron chi connectivity index (χ2n) is 3.00. The van der Waals surface area contributed by atoms with Crippen molar-refractivity contribution >= 4 is 22.7 Å². The second kappa shape index (κ2) is 4.17. The van der Waals surface area contributed by atoms with Gasteiger partial charge < -0.3 is 4.74 Å². The number of aromatic nitrogens is 2. The van der Waals surface area contributed by atoms with Gasteiger partial charge in [-0.25, -0.2) is 20.9 Å². The fourth-order valence-electron chi connectivity index (χ4n) is 1.32. The topological polar surface area (TPSA) is 99.5 Å². The van der Waals surface area contributed by atoms with Gasteiger partial charge in [-0.15, -0.1) is 0 Å². The summed E-state index contributed by atoms with van der Waals surface area (Å²) >= 11 is 0. The van der Waals surface area contributed by atoms with Crippen LogP contribution in [-0.2, 0) is 0 Å². The predicted molar refractivity (Wildman–Crippen MR) is 56.9 cm³/mol. The highest BCUT2D eigenvalue weighted by atomic mass is 16.5. The van der Waals surface area contributed by atoms with Crippen molar-refractivity contribution in [3.05, 3.63) is 18.2 Å². The first-order chi connectivity index (χ1) is 7.78. The summed E-state index contributed by atoms with van der Waals surface area (Å²) in [6.07, 6.45) is 0. The lowest BCUT2D eigenvalue weighted by atomic mass is 10.3. The highest BCUT2D eigenvalue weighted by Gasteiger charge is 2.07. The van der Waals surface area contributed by atoms with Gasteiger partial charge in [-0.1, -0.05) is 0 Å². The van der Waals surface area contributed by atoms with E-state index in [2.05, 4.69) is 9.97 Å². The molecule has 0 bridgehead atoms. The van der Waals surface area contributed by atoms with Crippen LogP contribution < -0.4 is 15.7 Å². The van der Waals surface area contributed by atoms with Crippen LogP contribution >= 0.6 is 0 Å². The summed E-state index contributed by atoms with van der Waals surface area (Å²) < 4.78 is 5.04. The van der Waals surface area contributed by atoms with Crippen LogP contribution in [0.3, 0.4) is 0 Å². The van der Waals surface area contributed by atoms with Crippen molar-refractivity contribution in [2.24, 2.45) is 0 Å². The zero-order valence-electron chi connectivity index (χ0n) is 8.43. The van der Waals surface area contributed by atoms with E-state index in [1.54, 1.807) is 25.3 Å². The van der Waals surface area contributed by atoms with E-state index in [0.717, 1.165) is 0 Å². The van der Waals surface area contributed by atoms with Crippen molar-refractivity contribution < 1.29 is 15.2 Å². The molecule has 7 nitrogen and oxygen atoms in total. The van der Waals surface area contributed by atoms with Crippen molar-refractivity contribution in [1.29, 1.82) is 0 Å². The fourth-order valence-corrected chi connectivity index (χ4v) is 1.32. The van der Waals surface area contributed by atoms with Crippen LogP contribution in [-0.4, -0.2) is 27.5 Å². The lowest BCUT2D eigenvalue weighted by Crippen LogP contribution is -2.03. The zero-order chi connectivity index (χ0) is 11.5. The largest absolute Gasteiger partial charge is 0.497 e. The molecule has 1 heterocycles. The smallest absolute Gasteiger partial charge is 0.195 e. The molecule has 0 saturated heterocycles. The van der Waals surface area contributed by atoms with Gasteiger partial charge in [0.2, 0.25) is 0 Å². The lowest BCUT2D eigenvalue weighted by Gasteiger charge is -2.07. The maximum Gasteiger partial charge on any atom is 0.195 e. The third-order valence-corrected chi connectivity index (χ3v) is 2.08. The summed E-state index contributed by atoms with van der Waals surface area (Å²) in [4.78, 5) is 8.09. The molecule has 7 heteroatoms. The Hall–Kier alpha value is -2.12. The van der Waals surface area contributed by atoms with Gasteiger partial charge in [-0.2, -0.15) is 0 Å². The number of methoxy groups -OCH3 is 1. The Morgan fingerprint density at radius 3 is 2.25 bits per heavy atom. The minimum absolute atomic E-state index is 0.0308. The molecule has 2 aromatic rings. The minimum Gasteiger partial charge on any atom is -0.497 e. The Labute approximate surface area is 90.6 Å². The number of fused-ring (bicyclic) bond motifs is 1. The average Bonchev–Trinajstić information content (AvgIpc) is 2.36. The third-order valence-electron chi connectivity index (χ3n) is 2.08. The Morgan fingerprint density at radius 1 is 1.06 bits per heavy atom. The molecule has 0 aliphatic rings. The first-order valence-electron chi connectivity index (χ1n) is 4.44. The van der Waals surface area contributed by atoms with Gasteiger partial charge in [-0.05, 0) is 12.1 Å². The Bertz CT molecular complexity index is 517. The monoisotopic (exact) mass is 222 g/mol. The first-order valence-corrected chi connectivity index (χ1v) is 4.44. The molecule has 0 atom stereocenters. The maximum atomic E-state index is 8.80. The summed E-state index contributed by atoms with van der Waals surface area (Å²) in [6.45, 7) is 0. The van der Waals surface area contributed by atoms with E-state index in [-0.39, 0.29) is 11.6 Å². The summed E-state index contributed by atoms with van der Waals surface area (Å²) in [7, 11) is 1.55. The van der Waals surface area contributed by atoms with Crippen LogP contribution in [0.5, 0.6) is 5.75 Å². The maximum absolute atomic E-state index is 8.80. The summed E-state index contributed by atoms with van der Waals surface area (Å²) in [5.41, 5.74) is 4.78. The third kappa shape index (κ3) is 1.69. The number of nitrogens with one attached hydrogen (secondary N) is 2. The zero-order valence-corrected chi connectivity index (χ0v) is 8.43. The van der Waals surface area contributed by atoms with Crippen LogP contribution in [0.2, 0.25) is 0 Å². The van der Waals surface area contributed by atoms with E-state index in [1.807, 2.05) is 11.0 Å². The van der Waals surface area contributed by atoms with Crippen LogP contribution in [0.15, 0.2) is 18.2 Å². The first kappa shape index (κ1) is 10.4. The van der Waals surface area contributed by atoms with Crippen molar-refractivity contribution in [1.82, 2.24) is 9.97 Å². The molecule has 1 aromatic carbocycles. The molecule has 0 saturated carbocycles. The number of ether oxygens (including phenoxy) is 1. The van der Waals surface area contributed by atoms with Crippen LogP contribution in [0, 0.1) is 0 Å². The fraction of sp³-hybridized carbons (Fsp3) is 0.111. The molecule has 0 unspecified atom stereocenters. The summed E-state index contributed by atoms with van der Waals surface area (Å²) in [5, 5.41) is 17.6. The highest BCUT2D eigenvalue weighted by molar-refractivity contribution is 5.81. The summed E-state index contributed by atoms with van der Waals surface area (Å²) in [6, 6.07) is 5.09. The number of nitrogens with zero attached hydrogens (tertiary/aromatic N) is 2. The number of anilines is 2. The van der Waals surface area contributed by atoms with E-state index in [4.69, 9.17) is 15.2 Å². The Balaban J connectivity index is 2.63. The normalized spacial score (nSPS) is 10.2. The van der Waals surface area contributed by atoms with E-state index in [9.17, 15) is 0 Å². The van der Waals surface area contributed by atoms with Gasteiger partial charge in [0.05, 0.1) is 18.1 Å². The molecule has 0 radical (unpaired) electrons. The molecule has 16 heavy (non-hydrogen) atoms. The molecule has 0 aliphatic carbocycles. The molecule has 0 aliphatic heterocycles. The number of hydrogen-bond donors (Lipinski definition) is 4. The van der Waals surface area contributed by atoms with Crippen molar-refractivity contribution in [2.75, 3.05) is 18.1 Å². The molecule has 84 valence electrons. The van der Waals surface area contributed by atoms with Crippen molar-refractivity contribution in [2.45, 2.75) is 0 Å². The molecule has 0 spiro atoms. The van der Waals surface area contributed by atoms with E-state index >= 15 is 0 Å². The molecule has 0 fully saturated rings. The van der Waals surface area contributed by atoms with E-state index in [0.29, 0.717) is 16.8 Å². The van der Waals surface area contributed by atoms with Crippen LogP contribution in [0.25, 0.3) is 11.0 Å². The van der Waals surface area contributed by atoms with Crippen LogP contribution in [0.1, 0.15) is 0 Å². The molecule has 0 amide bonds. The van der Waals surface area contributed by atoms with Gasteiger partial charge in [0.15, 0.2) is 11.6 Å². The van der Waals surface area contributed by atoms with Gasteiger partial charge in [0.25, 0.3) is 0 Å². The molecular formula is C9H10N4O3. The number of hydrogen-bond acceptors (Lipinski definition) is 7. The van der Waals surface area contributed by atoms with E-state index < -0.39 is 0 Å². The van der Waals surface area contributed by atoms with Crippen molar-refractivity contribution in [3.8, 4) is 5.75 Å². The molecular weight excluding hydrogens is 212 g/mol. The molecule has 1 aromatic heterocycles. The van der Waals surface area contributed by atoms with Gasteiger partial charge in [0.1, 0.15) is 5.75 Å². The number of benzene rings is 1. The average molecular weight is 222 g/mol. The standard InChI is InChI=1S/C9H10N4O3/c1-16-5-2-3-6-7(4-5)11-9(13-15)8(10-6)12-14/h2-4,14-15H,1H3,(H,10,12)(H,11,13). The highest BCUT2D eigenvalue weighted by Crippen LogP contribution is 2.23. The number of rotatable bonds is 3. The van der Waals surface area contributed by atoms with Crippen LogP contribution in [0.4, 0.5) is 11.6 Å². The molecule has 4 N–H and O–H groups in total.